The third-order valence-corrected chi connectivity index (χ3v) is 3.57. The largest absolute Gasteiger partial charge is 0.365 e. The summed E-state index contributed by atoms with van der Waals surface area (Å²) in [5.74, 6) is -0.420. The number of hydrogen-bond acceptors (Lipinski definition) is 4. The summed E-state index contributed by atoms with van der Waals surface area (Å²) in [6.45, 7) is 0. The Hall–Kier alpha value is -2.47. The molecule has 0 spiro atoms. The molecule has 0 aliphatic heterocycles. The zero-order chi connectivity index (χ0) is 13.2. The van der Waals surface area contributed by atoms with Gasteiger partial charge in [0.1, 0.15) is 0 Å². The maximum atomic E-state index is 11.1. The molecule has 0 aliphatic carbocycles. The molecule has 1 amide bonds. The summed E-state index contributed by atoms with van der Waals surface area (Å²) in [5, 5.41) is 6.30. The lowest BCUT2D eigenvalue weighted by molar-refractivity contribution is 0.100. The minimum absolute atomic E-state index is 0.420. The number of nitrogens with two attached hydrogens (primary N) is 1. The molecule has 3 heterocycles. The molecule has 0 fully saturated rings. The highest BCUT2D eigenvalue weighted by Crippen LogP contribution is 2.20. The molecule has 0 aliphatic rings. The van der Waals surface area contributed by atoms with Crippen LogP contribution in [-0.4, -0.2) is 20.7 Å². The van der Waals surface area contributed by atoms with Gasteiger partial charge in [-0.1, -0.05) is 0 Å². The van der Waals surface area contributed by atoms with Crippen LogP contribution in [0.5, 0.6) is 0 Å². The molecule has 0 saturated heterocycles. The average molecular weight is 270 g/mol. The molecule has 0 saturated carbocycles. The average Bonchev–Trinajstić information content (AvgIpc) is 3.09. The summed E-state index contributed by atoms with van der Waals surface area (Å²) >= 11 is 1.31. The Kier molecular flexibility index (Phi) is 2.85. The van der Waals surface area contributed by atoms with E-state index in [2.05, 4.69) is 10.1 Å². The van der Waals surface area contributed by atoms with Crippen molar-refractivity contribution in [2.75, 3.05) is 0 Å². The number of rotatable bonds is 3. The number of carbonyl (C=O) groups excluding carboxylic acids is 1. The Morgan fingerprint density at radius 2 is 2.26 bits per heavy atom. The van der Waals surface area contributed by atoms with Gasteiger partial charge in [0.05, 0.1) is 16.3 Å². The normalized spacial score (nSPS) is 10.5. The van der Waals surface area contributed by atoms with E-state index in [0.29, 0.717) is 4.88 Å². The Morgan fingerprint density at radius 3 is 2.95 bits per heavy atom. The van der Waals surface area contributed by atoms with Gasteiger partial charge in [0.25, 0.3) is 5.91 Å². The van der Waals surface area contributed by atoms with Crippen LogP contribution in [0.1, 0.15) is 9.67 Å². The SMILES string of the molecule is NC(=O)c1cc(-n2ccc(-c3cccnc3)n2)cs1. The molecule has 19 heavy (non-hydrogen) atoms. The number of hydrogen-bond donors (Lipinski definition) is 1. The fourth-order valence-corrected chi connectivity index (χ4v) is 2.44. The van der Waals surface area contributed by atoms with Crippen LogP contribution in [0.2, 0.25) is 0 Å². The van der Waals surface area contributed by atoms with Gasteiger partial charge in [-0.3, -0.25) is 9.78 Å². The van der Waals surface area contributed by atoms with E-state index < -0.39 is 5.91 Å². The van der Waals surface area contributed by atoms with E-state index in [-0.39, 0.29) is 0 Å². The van der Waals surface area contributed by atoms with Crippen LogP contribution in [-0.2, 0) is 0 Å². The van der Waals surface area contributed by atoms with E-state index in [0.717, 1.165) is 16.9 Å². The van der Waals surface area contributed by atoms with Gasteiger partial charge in [0.2, 0.25) is 0 Å². The van der Waals surface area contributed by atoms with Gasteiger partial charge in [-0.05, 0) is 24.3 Å². The third kappa shape index (κ3) is 2.25. The maximum Gasteiger partial charge on any atom is 0.258 e. The van der Waals surface area contributed by atoms with Gasteiger partial charge < -0.3 is 5.73 Å². The second kappa shape index (κ2) is 4.66. The standard InChI is InChI=1S/C13H10N4OS/c14-13(18)12-6-10(8-19-12)17-5-3-11(16-17)9-2-1-4-15-7-9/h1-8H,(H2,14,18). The second-order valence-electron chi connectivity index (χ2n) is 3.92. The van der Waals surface area contributed by atoms with Gasteiger partial charge >= 0.3 is 0 Å². The number of pyridine rings is 1. The first-order valence-electron chi connectivity index (χ1n) is 5.59. The summed E-state index contributed by atoms with van der Waals surface area (Å²) in [6.07, 6.45) is 5.32. The van der Waals surface area contributed by atoms with E-state index in [4.69, 9.17) is 5.73 Å². The lowest BCUT2D eigenvalue weighted by Crippen LogP contribution is -2.08. The van der Waals surface area contributed by atoms with Crippen molar-refractivity contribution in [1.29, 1.82) is 0 Å². The van der Waals surface area contributed by atoms with Crippen molar-refractivity contribution in [3.8, 4) is 16.9 Å². The van der Waals surface area contributed by atoms with Crippen LogP contribution in [0.4, 0.5) is 0 Å². The minimum Gasteiger partial charge on any atom is -0.365 e. The van der Waals surface area contributed by atoms with Crippen LogP contribution in [0.25, 0.3) is 16.9 Å². The summed E-state index contributed by atoms with van der Waals surface area (Å²) < 4.78 is 1.71. The number of primary amides is 1. The van der Waals surface area contributed by atoms with Crippen molar-refractivity contribution in [2.24, 2.45) is 5.73 Å². The minimum atomic E-state index is -0.420. The lowest BCUT2D eigenvalue weighted by Gasteiger charge is -1.96. The van der Waals surface area contributed by atoms with E-state index in [9.17, 15) is 4.79 Å². The van der Waals surface area contributed by atoms with Crippen LogP contribution < -0.4 is 5.73 Å². The summed E-state index contributed by atoms with van der Waals surface area (Å²) in [4.78, 5) is 15.7. The van der Waals surface area contributed by atoms with Crippen LogP contribution >= 0.6 is 11.3 Å². The molecular formula is C13H10N4OS. The molecule has 5 nitrogen and oxygen atoms in total. The van der Waals surface area contributed by atoms with Crippen molar-refractivity contribution in [2.45, 2.75) is 0 Å². The zero-order valence-electron chi connectivity index (χ0n) is 9.85. The monoisotopic (exact) mass is 270 g/mol. The molecule has 0 atom stereocenters. The van der Waals surface area contributed by atoms with Crippen molar-refractivity contribution in [3.63, 3.8) is 0 Å². The van der Waals surface area contributed by atoms with Gasteiger partial charge in [-0.2, -0.15) is 5.10 Å². The van der Waals surface area contributed by atoms with Crippen molar-refractivity contribution < 1.29 is 4.79 Å². The predicted molar refractivity (Wildman–Crippen MR) is 73.2 cm³/mol. The van der Waals surface area contributed by atoms with E-state index >= 15 is 0 Å². The van der Waals surface area contributed by atoms with E-state index in [1.807, 2.05) is 29.8 Å². The van der Waals surface area contributed by atoms with Gasteiger partial charge in [0.15, 0.2) is 0 Å². The fourth-order valence-electron chi connectivity index (χ4n) is 1.71. The Bertz CT molecular complexity index is 717. The second-order valence-corrected chi connectivity index (χ2v) is 4.83. The fraction of sp³-hybridized carbons (Fsp3) is 0. The molecule has 3 aromatic heterocycles. The quantitative estimate of drug-likeness (QED) is 0.792. The summed E-state index contributed by atoms with van der Waals surface area (Å²) in [7, 11) is 0. The Morgan fingerprint density at radius 1 is 1.37 bits per heavy atom. The summed E-state index contributed by atoms with van der Waals surface area (Å²) in [5.41, 5.74) is 7.85. The molecule has 3 rings (SSSR count). The van der Waals surface area contributed by atoms with Crippen LogP contribution in [0.15, 0.2) is 48.2 Å². The summed E-state index contributed by atoms with van der Waals surface area (Å²) in [6, 6.07) is 7.44. The highest BCUT2D eigenvalue weighted by molar-refractivity contribution is 7.12. The molecule has 2 N–H and O–H groups in total. The first-order valence-corrected chi connectivity index (χ1v) is 6.47. The van der Waals surface area contributed by atoms with E-state index in [1.165, 1.54) is 11.3 Å². The van der Waals surface area contributed by atoms with Crippen molar-refractivity contribution in [3.05, 3.63) is 53.1 Å². The van der Waals surface area contributed by atoms with E-state index in [1.54, 1.807) is 23.1 Å². The number of amides is 1. The van der Waals surface area contributed by atoms with Crippen LogP contribution in [0, 0.1) is 0 Å². The van der Waals surface area contributed by atoms with Crippen molar-refractivity contribution in [1.82, 2.24) is 14.8 Å². The molecule has 0 aromatic carbocycles. The number of carbonyl (C=O) groups is 1. The molecule has 94 valence electrons. The van der Waals surface area contributed by atoms with Crippen LogP contribution in [0.3, 0.4) is 0 Å². The molecular weight excluding hydrogens is 260 g/mol. The maximum absolute atomic E-state index is 11.1. The third-order valence-electron chi connectivity index (χ3n) is 2.64. The first-order chi connectivity index (χ1) is 9.24. The Labute approximate surface area is 113 Å². The first kappa shape index (κ1) is 11.6. The van der Waals surface area contributed by atoms with Crippen molar-refractivity contribution >= 4 is 17.2 Å². The molecule has 3 aromatic rings. The smallest absolute Gasteiger partial charge is 0.258 e. The highest BCUT2D eigenvalue weighted by atomic mass is 32.1. The number of aromatic nitrogens is 3. The molecule has 0 unspecified atom stereocenters. The van der Waals surface area contributed by atoms with Gasteiger partial charge in [0, 0.05) is 29.5 Å². The number of nitrogens with zero attached hydrogens (tertiary/aromatic N) is 3. The lowest BCUT2D eigenvalue weighted by atomic mass is 10.2. The van der Waals surface area contributed by atoms with Gasteiger partial charge in [-0.15, -0.1) is 11.3 Å². The highest BCUT2D eigenvalue weighted by Gasteiger charge is 2.08. The Balaban J connectivity index is 1.94. The predicted octanol–water partition coefficient (Wildman–Crippen LogP) is 2.09. The topological polar surface area (TPSA) is 73.8 Å². The van der Waals surface area contributed by atoms with Gasteiger partial charge in [-0.25, -0.2) is 4.68 Å². The number of thiophene rings is 1. The zero-order valence-corrected chi connectivity index (χ0v) is 10.7. The molecule has 0 bridgehead atoms. The molecule has 6 heteroatoms. The molecule has 0 radical (unpaired) electrons.